The molecular weight excluding hydrogens is 230 g/mol. The Morgan fingerprint density at radius 3 is 2.22 bits per heavy atom. The number of hydrogen-bond acceptors (Lipinski definition) is 2. The third-order valence-electron chi connectivity index (χ3n) is 4.53. The lowest BCUT2D eigenvalue weighted by atomic mass is 9.86. The van der Waals surface area contributed by atoms with Gasteiger partial charge >= 0.3 is 5.97 Å². The molecule has 2 saturated carbocycles. The molecule has 102 valence electrons. The van der Waals surface area contributed by atoms with E-state index in [2.05, 4.69) is 12.2 Å². The van der Waals surface area contributed by atoms with Gasteiger partial charge in [-0.3, -0.25) is 9.59 Å². The molecular formula is C14H23NO3. The quantitative estimate of drug-likeness (QED) is 0.810. The van der Waals surface area contributed by atoms with Crippen LogP contribution in [-0.2, 0) is 9.59 Å². The Morgan fingerprint density at radius 1 is 1.00 bits per heavy atom. The monoisotopic (exact) mass is 253 g/mol. The van der Waals surface area contributed by atoms with Gasteiger partial charge < -0.3 is 10.4 Å². The van der Waals surface area contributed by atoms with E-state index >= 15 is 0 Å². The zero-order valence-corrected chi connectivity index (χ0v) is 11.0. The van der Waals surface area contributed by atoms with E-state index in [1.54, 1.807) is 0 Å². The van der Waals surface area contributed by atoms with E-state index in [-0.39, 0.29) is 17.9 Å². The molecule has 2 aliphatic rings. The minimum absolute atomic E-state index is 0.0283. The molecule has 0 heterocycles. The second kappa shape index (κ2) is 5.72. The van der Waals surface area contributed by atoms with Gasteiger partial charge in [-0.1, -0.05) is 13.3 Å². The average molecular weight is 253 g/mol. The number of carbonyl (C=O) groups excluding carboxylic acids is 1. The van der Waals surface area contributed by atoms with Gasteiger partial charge in [-0.2, -0.15) is 0 Å². The number of hydrogen-bond donors (Lipinski definition) is 2. The summed E-state index contributed by atoms with van der Waals surface area (Å²) in [7, 11) is 0. The Morgan fingerprint density at radius 2 is 1.61 bits per heavy atom. The van der Waals surface area contributed by atoms with Crippen LogP contribution in [0.3, 0.4) is 0 Å². The van der Waals surface area contributed by atoms with Gasteiger partial charge in [-0.15, -0.1) is 0 Å². The fourth-order valence-corrected chi connectivity index (χ4v) is 3.28. The van der Waals surface area contributed by atoms with Crippen LogP contribution in [0.4, 0.5) is 0 Å². The van der Waals surface area contributed by atoms with Crippen molar-refractivity contribution in [3.8, 4) is 0 Å². The van der Waals surface area contributed by atoms with Gasteiger partial charge in [0.15, 0.2) is 0 Å². The van der Waals surface area contributed by atoms with E-state index in [0.29, 0.717) is 6.42 Å². The zero-order chi connectivity index (χ0) is 13.1. The first-order valence-corrected chi connectivity index (χ1v) is 7.11. The van der Waals surface area contributed by atoms with Gasteiger partial charge in [0, 0.05) is 6.04 Å². The molecule has 18 heavy (non-hydrogen) atoms. The minimum Gasteiger partial charge on any atom is -0.481 e. The average Bonchev–Trinajstić information content (AvgIpc) is 2.81. The molecule has 0 aliphatic heterocycles. The molecule has 2 N–H and O–H groups in total. The molecule has 2 aliphatic carbocycles. The maximum absolute atomic E-state index is 12.1. The van der Waals surface area contributed by atoms with Crippen molar-refractivity contribution in [3.63, 3.8) is 0 Å². The zero-order valence-electron chi connectivity index (χ0n) is 11.0. The highest BCUT2D eigenvalue weighted by Crippen LogP contribution is 2.32. The normalized spacial score (nSPS) is 36.3. The first-order valence-electron chi connectivity index (χ1n) is 7.11. The van der Waals surface area contributed by atoms with Crippen LogP contribution in [0.25, 0.3) is 0 Å². The minimum atomic E-state index is -0.815. The Hall–Kier alpha value is -1.06. The Kier molecular flexibility index (Phi) is 4.25. The summed E-state index contributed by atoms with van der Waals surface area (Å²) in [5, 5.41) is 12.2. The topological polar surface area (TPSA) is 66.4 Å². The smallest absolute Gasteiger partial charge is 0.307 e. The maximum atomic E-state index is 12.1. The Labute approximate surface area is 108 Å². The van der Waals surface area contributed by atoms with Gasteiger partial charge in [-0.05, 0) is 44.4 Å². The van der Waals surface area contributed by atoms with E-state index < -0.39 is 11.9 Å². The lowest BCUT2D eigenvalue weighted by Crippen LogP contribution is -2.42. The van der Waals surface area contributed by atoms with Crippen LogP contribution >= 0.6 is 0 Å². The SMILES string of the molecule is CC1CCC(NC(=O)[C@@H]2CCC[C@@H]2C(=O)O)CC1. The largest absolute Gasteiger partial charge is 0.481 e. The van der Waals surface area contributed by atoms with Crippen molar-refractivity contribution in [1.29, 1.82) is 0 Å². The van der Waals surface area contributed by atoms with Crippen molar-refractivity contribution in [2.24, 2.45) is 17.8 Å². The van der Waals surface area contributed by atoms with Crippen molar-refractivity contribution in [1.82, 2.24) is 5.32 Å². The van der Waals surface area contributed by atoms with Gasteiger partial charge in [0.25, 0.3) is 0 Å². The molecule has 0 unspecified atom stereocenters. The summed E-state index contributed by atoms with van der Waals surface area (Å²) in [6.45, 7) is 2.25. The summed E-state index contributed by atoms with van der Waals surface area (Å²) in [6.07, 6.45) is 6.64. The van der Waals surface area contributed by atoms with E-state index in [9.17, 15) is 9.59 Å². The molecule has 0 radical (unpaired) electrons. The predicted octanol–water partition coefficient (Wildman–Crippen LogP) is 2.18. The van der Waals surface area contributed by atoms with Crippen LogP contribution in [0.15, 0.2) is 0 Å². The standard InChI is InChI=1S/C14H23NO3/c1-9-5-7-10(8-6-9)15-13(16)11-3-2-4-12(11)14(17)18/h9-12H,2-8H2,1H3,(H,15,16)(H,17,18)/t9?,10?,11-,12+/m1/s1. The highest BCUT2D eigenvalue weighted by Gasteiger charge is 2.38. The molecule has 2 rings (SSSR count). The molecule has 1 amide bonds. The van der Waals surface area contributed by atoms with Gasteiger partial charge in [0.05, 0.1) is 11.8 Å². The molecule has 4 heteroatoms. The van der Waals surface area contributed by atoms with Crippen molar-refractivity contribution in [3.05, 3.63) is 0 Å². The third kappa shape index (κ3) is 3.03. The number of aliphatic carboxylic acids is 1. The second-order valence-electron chi connectivity index (χ2n) is 5.95. The lowest BCUT2D eigenvalue weighted by Gasteiger charge is -2.28. The summed E-state index contributed by atoms with van der Waals surface area (Å²) in [4.78, 5) is 23.2. The predicted molar refractivity (Wildman–Crippen MR) is 68.0 cm³/mol. The summed E-state index contributed by atoms with van der Waals surface area (Å²) < 4.78 is 0. The number of carbonyl (C=O) groups is 2. The molecule has 0 aromatic carbocycles. The van der Waals surface area contributed by atoms with E-state index in [1.807, 2.05) is 0 Å². The lowest BCUT2D eigenvalue weighted by molar-refractivity contribution is -0.146. The number of carboxylic acids is 1. The first-order chi connectivity index (χ1) is 8.58. The summed E-state index contributed by atoms with van der Waals surface area (Å²) in [6, 6.07) is 0.267. The van der Waals surface area contributed by atoms with Crippen LogP contribution < -0.4 is 5.32 Å². The van der Waals surface area contributed by atoms with Crippen LogP contribution in [0.5, 0.6) is 0 Å². The van der Waals surface area contributed by atoms with Crippen LogP contribution in [0.1, 0.15) is 51.9 Å². The number of amides is 1. The van der Waals surface area contributed by atoms with Crippen molar-refractivity contribution >= 4 is 11.9 Å². The highest BCUT2D eigenvalue weighted by molar-refractivity contribution is 5.85. The molecule has 2 fully saturated rings. The van der Waals surface area contributed by atoms with E-state index in [4.69, 9.17) is 5.11 Å². The number of rotatable bonds is 3. The highest BCUT2D eigenvalue weighted by atomic mass is 16.4. The maximum Gasteiger partial charge on any atom is 0.307 e. The molecule has 0 aromatic heterocycles. The molecule has 0 bridgehead atoms. The number of nitrogens with one attached hydrogen (secondary N) is 1. The fraction of sp³-hybridized carbons (Fsp3) is 0.857. The second-order valence-corrected chi connectivity index (χ2v) is 5.95. The molecule has 2 atom stereocenters. The molecule has 0 saturated heterocycles. The van der Waals surface area contributed by atoms with Crippen LogP contribution in [-0.4, -0.2) is 23.0 Å². The molecule has 4 nitrogen and oxygen atoms in total. The third-order valence-corrected chi connectivity index (χ3v) is 4.53. The van der Waals surface area contributed by atoms with E-state index in [0.717, 1.165) is 44.4 Å². The Bertz CT molecular complexity index is 321. The first kappa shape index (κ1) is 13.4. The van der Waals surface area contributed by atoms with Crippen molar-refractivity contribution < 1.29 is 14.7 Å². The Balaban J connectivity index is 1.86. The van der Waals surface area contributed by atoms with Gasteiger partial charge in [-0.25, -0.2) is 0 Å². The molecule has 0 aromatic rings. The summed E-state index contributed by atoms with van der Waals surface area (Å²) in [5.41, 5.74) is 0. The van der Waals surface area contributed by atoms with Crippen molar-refractivity contribution in [2.45, 2.75) is 57.9 Å². The van der Waals surface area contributed by atoms with Crippen LogP contribution in [0, 0.1) is 17.8 Å². The molecule has 0 spiro atoms. The summed E-state index contributed by atoms with van der Waals surface area (Å²) in [5.74, 6) is -0.852. The van der Waals surface area contributed by atoms with Crippen LogP contribution in [0.2, 0.25) is 0 Å². The summed E-state index contributed by atoms with van der Waals surface area (Å²) >= 11 is 0. The van der Waals surface area contributed by atoms with Gasteiger partial charge in [0.2, 0.25) is 5.91 Å². The van der Waals surface area contributed by atoms with E-state index in [1.165, 1.54) is 0 Å². The van der Waals surface area contributed by atoms with Gasteiger partial charge in [0.1, 0.15) is 0 Å². The number of carboxylic acid groups (broad SMARTS) is 1. The van der Waals surface area contributed by atoms with Crippen molar-refractivity contribution in [2.75, 3.05) is 0 Å². The fourth-order valence-electron chi connectivity index (χ4n) is 3.28.